The van der Waals surface area contributed by atoms with E-state index in [4.69, 9.17) is 0 Å². The Morgan fingerprint density at radius 3 is 2.37 bits per heavy atom. The van der Waals surface area contributed by atoms with E-state index >= 15 is 0 Å². The monoisotopic (exact) mass is 279 g/mol. The van der Waals surface area contributed by atoms with Crippen LogP contribution in [0.5, 0.6) is 0 Å². The van der Waals surface area contributed by atoms with Crippen molar-refractivity contribution in [2.75, 3.05) is 0 Å². The number of rotatable bonds is 6. The van der Waals surface area contributed by atoms with E-state index < -0.39 is 0 Å². The summed E-state index contributed by atoms with van der Waals surface area (Å²) in [4.78, 5) is 14.8. The van der Waals surface area contributed by atoms with Crippen LogP contribution in [0.1, 0.15) is 68.5 Å². The van der Waals surface area contributed by atoms with Gasteiger partial charge < -0.3 is 5.32 Å². The lowest BCUT2D eigenvalue weighted by Gasteiger charge is -2.19. The molecule has 106 valence electrons. The highest BCUT2D eigenvalue weighted by Crippen LogP contribution is 2.35. The standard InChI is InChI=1S/C16H25NOS/c1-10(2)13(9-16(18)17-12-5-6-12)15-8-7-14(19-15)11(3)4/h7-8,10-13H,5-6,9H2,1-4H3,(H,17,18). The average molecular weight is 279 g/mol. The zero-order valence-corrected chi connectivity index (χ0v) is 13.2. The molecule has 1 unspecified atom stereocenters. The van der Waals surface area contributed by atoms with Gasteiger partial charge in [0.2, 0.25) is 5.91 Å². The Morgan fingerprint density at radius 2 is 1.89 bits per heavy atom. The summed E-state index contributed by atoms with van der Waals surface area (Å²) >= 11 is 1.87. The molecule has 0 spiro atoms. The van der Waals surface area contributed by atoms with Crippen molar-refractivity contribution in [2.24, 2.45) is 5.92 Å². The molecule has 0 aliphatic heterocycles. The van der Waals surface area contributed by atoms with Crippen molar-refractivity contribution in [1.82, 2.24) is 5.32 Å². The smallest absolute Gasteiger partial charge is 0.220 e. The van der Waals surface area contributed by atoms with Gasteiger partial charge in [0.1, 0.15) is 0 Å². The molecule has 1 fully saturated rings. The summed E-state index contributed by atoms with van der Waals surface area (Å²) in [7, 11) is 0. The summed E-state index contributed by atoms with van der Waals surface area (Å²) in [5.74, 6) is 1.66. The molecule has 1 heterocycles. The second kappa shape index (κ2) is 6.08. The lowest BCUT2D eigenvalue weighted by Crippen LogP contribution is -2.27. The molecule has 0 bridgehead atoms. The molecular weight excluding hydrogens is 254 g/mol. The second-order valence-electron chi connectivity index (χ2n) is 6.29. The van der Waals surface area contributed by atoms with E-state index in [1.54, 1.807) is 0 Å². The van der Waals surface area contributed by atoms with Gasteiger partial charge in [0.05, 0.1) is 0 Å². The lowest BCUT2D eigenvalue weighted by molar-refractivity contribution is -0.121. The molecule has 1 amide bonds. The van der Waals surface area contributed by atoms with Crippen LogP contribution < -0.4 is 5.32 Å². The van der Waals surface area contributed by atoms with Gasteiger partial charge in [0.15, 0.2) is 0 Å². The Bertz CT molecular complexity index is 432. The normalized spacial score (nSPS) is 16.9. The molecule has 1 aliphatic carbocycles. The Morgan fingerprint density at radius 1 is 1.26 bits per heavy atom. The van der Waals surface area contributed by atoms with Gasteiger partial charge in [-0.2, -0.15) is 0 Å². The van der Waals surface area contributed by atoms with Gasteiger partial charge in [0, 0.05) is 28.1 Å². The van der Waals surface area contributed by atoms with E-state index in [1.807, 2.05) is 11.3 Å². The SMILES string of the molecule is CC(C)c1ccc(C(CC(=O)NC2CC2)C(C)C)s1. The molecule has 1 aliphatic rings. The van der Waals surface area contributed by atoms with Crippen molar-refractivity contribution in [3.05, 3.63) is 21.9 Å². The number of carbonyl (C=O) groups is 1. The Kier molecular flexibility index (Phi) is 4.67. The predicted molar refractivity (Wildman–Crippen MR) is 81.8 cm³/mol. The van der Waals surface area contributed by atoms with Crippen LogP contribution in [-0.2, 0) is 4.79 Å². The van der Waals surface area contributed by atoms with Crippen LogP contribution in [0.4, 0.5) is 0 Å². The van der Waals surface area contributed by atoms with Gasteiger partial charge >= 0.3 is 0 Å². The van der Waals surface area contributed by atoms with Crippen molar-refractivity contribution in [3.63, 3.8) is 0 Å². The topological polar surface area (TPSA) is 29.1 Å². The van der Waals surface area contributed by atoms with Crippen molar-refractivity contribution >= 4 is 17.2 Å². The minimum atomic E-state index is 0.223. The lowest BCUT2D eigenvalue weighted by atomic mass is 9.90. The Balaban J connectivity index is 2.03. The van der Waals surface area contributed by atoms with E-state index in [-0.39, 0.29) is 5.91 Å². The minimum absolute atomic E-state index is 0.223. The van der Waals surface area contributed by atoms with Gasteiger partial charge in [-0.1, -0.05) is 27.7 Å². The van der Waals surface area contributed by atoms with Crippen molar-refractivity contribution in [3.8, 4) is 0 Å². The third-order valence-corrected chi connectivity index (χ3v) is 5.25. The average Bonchev–Trinajstić information content (AvgIpc) is 2.99. The van der Waals surface area contributed by atoms with E-state index in [9.17, 15) is 4.79 Å². The summed E-state index contributed by atoms with van der Waals surface area (Å²) in [6, 6.07) is 4.91. The van der Waals surface area contributed by atoms with Crippen molar-refractivity contribution < 1.29 is 4.79 Å². The zero-order valence-electron chi connectivity index (χ0n) is 12.4. The van der Waals surface area contributed by atoms with Crippen LogP contribution in [-0.4, -0.2) is 11.9 Å². The molecule has 1 saturated carbocycles. The van der Waals surface area contributed by atoms with Crippen LogP contribution >= 0.6 is 11.3 Å². The first-order chi connectivity index (χ1) is 8.97. The fourth-order valence-electron chi connectivity index (χ4n) is 2.26. The van der Waals surface area contributed by atoms with E-state index in [0.717, 1.165) is 12.8 Å². The molecule has 0 aromatic carbocycles. The zero-order chi connectivity index (χ0) is 14.0. The molecule has 1 atom stereocenters. The predicted octanol–water partition coefficient (Wildman–Crippen LogP) is 4.28. The molecule has 2 rings (SSSR count). The van der Waals surface area contributed by atoms with Gasteiger partial charge in [0.25, 0.3) is 0 Å². The minimum Gasteiger partial charge on any atom is -0.353 e. The third kappa shape index (κ3) is 4.07. The highest BCUT2D eigenvalue weighted by molar-refractivity contribution is 7.12. The molecule has 1 aromatic rings. The molecule has 3 heteroatoms. The number of hydrogen-bond donors (Lipinski definition) is 1. The van der Waals surface area contributed by atoms with Crippen LogP contribution in [0.2, 0.25) is 0 Å². The van der Waals surface area contributed by atoms with Crippen LogP contribution in [0.3, 0.4) is 0 Å². The first-order valence-corrected chi connectivity index (χ1v) is 8.18. The summed E-state index contributed by atoms with van der Waals surface area (Å²) < 4.78 is 0. The molecule has 1 aromatic heterocycles. The van der Waals surface area contributed by atoms with Gasteiger partial charge in [-0.05, 0) is 36.8 Å². The molecule has 0 radical (unpaired) electrons. The van der Waals surface area contributed by atoms with Gasteiger partial charge in [-0.15, -0.1) is 11.3 Å². The maximum Gasteiger partial charge on any atom is 0.220 e. The fraction of sp³-hybridized carbons (Fsp3) is 0.688. The number of thiophene rings is 1. The fourth-order valence-corrected chi connectivity index (χ4v) is 3.54. The quantitative estimate of drug-likeness (QED) is 0.827. The number of carbonyl (C=O) groups excluding carboxylic acids is 1. The Labute approximate surface area is 120 Å². The molecule has 19 heavy (non-hydrogen) atoms. The highest BCUT2D eigenvalue weighted by atomic mass is 32.1. The number of hydrogen-bond acceptors (Lipinski definition) is 2. The van der Waals surface area contributed by atoms with Crippen LogP contribution in [0.15, 0.2) is 12.1 Å². The second-order valence-corrected chi connectivity index (χ2v) is 7.44. The maximum atomic E-state index is 12.0. The molecular formula is C16H25NOS. The highest BCUT2D eigenvalue weighted by Gasteiger charge is 2.26. The van der Waals surface area contributed by atoms with E-state index in [1.165, 1.54) is 9.75 Å². The number of amides is 1. The van der Waals surface area contributed by atoms with Crippen molar-refractivity contribution in [1.29, 1.82) is 0 Å². The summed E-state index contributed by atoms with van der Waals surface area (Å²) in [6.45, 7) is 8.87. The Hall–Kier alpha value is -0.830. The van der Waals surface area contributed by atoms with Gasteiger partial charge in [-0.25, -0.2) is 0 Å². The maximum absolute atomic E-state index is 12.0. The van der Waals surface area contributed by atoms with Gasteiger partial charge in [-0.3, -0.25) is 4.79 Å². The number of nitrogens with one attached hydrogen (secondary N) is 1. The molecule has 1 N–H and O–H groups in total. The van der Waals surface area contributed by atoms with E-state index in [0.29, 0.717) is 30.2 Å². The van der Waals surface area contributed by atoms with Crippen LogP contribution in [0, 0.1) is 5.92 Å². The molecule has 0 saturated heterocycles. The summed E-state index contributed by atoms with van der Waals surface area (Å²) in [6.07, 6.45) is 2.95. The van der Waals surface area contributed by atoms with Crippen LogP contribution in [0.25, 0.3) is 0 Å². The van der Waals surface area contributed by atoms with Crippen molar-refractivity contribution in [2.45, 2.75) is 64.8 Å². The van der Waals surface area contributed by atoms with E-state index in [2.05, 4.69) is 45.1 Å². The third-order valence-electron chi connectivity index (χ3n) is 3.73. The first kappa shape index (κ1) is 14.6. The summed E-state index contributed by atoms with van der Waals surface area (Å²) in [5, 5.41) is 3.10. The first-order valence-electron chi connectivity index (χ1n) is 7.36. The molecule has 2 nitrogen and oxygen atoms in total. The summed E-state index contributed by atoms with van der Waals surface area (Å²) in [5.41, 5.74) is 0. The largest absolute Gasteiger partial charge is 0.353 e.